The van der Waals surface area contributed by atoms with Crippen molar-refractivity contribution < 1.29 is 9.59 Å². The summed E-state index contributed by atoms with van der Waals surface area (Å²) in [6.07, 6.45) is 2.88. The summed E-state index contributed by atoms with van der Waals surface area (Å²) in [5, 5.41) is 8.77. The van der Waals surface area contributed by atoms with Gasteiger partial charge in [0.1, 0.15) is 5.00 Å². The van der Waals surface area contributed by atoms with Gasteiger partial charge >= 0.3 is 0 Å². The summed E-state index contributed by atoms with van der Waals surface area (Å²) in [4.78, 5) is 26.5. The Labute approximate surface area is 181 Å². The minimum Gasteiger partial charge on any atom is -0.321 e. The highest BCUT2D eigenvalue weighted by atomic mass is 32.1. The fraction of sp³-hybridized carbons (Fsp3) is 0.360. The topological polar surface area (TPSA) is 58.2 Å². The van der Waals surface area contributed by atoms with E-state index in [4.69, 9.17) is 0 Å². The second-order valence-corrected chi connectivity index (χ2v) is 10.3. The SMILES string of the molecule is CC(=O)Nc1sc2c(c1C(=O)Nc1cccc3ccccc13)CCC(C(C)(C)C)C2. The number of amides is 2. The molecule has 1 atom stereocenters. The molecule has 0 fully saturated rings. The van der Waals surface area contributed by atoms with Gasteiger partial charge in [-0.05, 0) is 47.6 Å². The van der Waals surface area contributed by atoms with Crippen molar-refractivity contribution in [2.45, 2.75) is 47.0 Å². The lowest BCUT2D eigenvalue weighted by molar-refractivity contribution is -0.114. The van der Waals surface area contributed by atoms with Gasteiger partial charge < -0.3 is 10.6 Å². The summed E-state index contributed by atoms with van der Waals surface area (Å²) in [7, 11) is 0. The molecule has 0 spiro atoms. The number of nitrogens with one attached hydrogen (secondary N) is 2. The molecule has 1 aliphatic carbocycles. The number of hydrogen-bond acceptors (Lipinski definition) is 3. The van der Waals surface area contributed by atoms with E-state index < -0.39 is 0 Å². The van der Waals surface area contributed by atoms with Gasteiger partial charge in [-0.2, -0.15) is 0 Å². The zero-order valence-electron chi connectivity index (χ0n) is 18.0. The first-order chi connectivity index (χ1) is 14.2. The molecule has 0 saturated carbocycles. The standard InChI is InChI=1S/C25H28N2O2S/c1-15(28)26-24-22(19-13-12-17(25(2,3)4)14-21(19)30-24)23(29)27-20-11-7-9-16-8-5-6-10-18(16)20/h5-11,17H,12-14H2,1-4H3,(H,26,28)(H,27,29). The Bertz CT molecular complexity index is 1120. The summed E-state index contributed by atoms with van der Waals surface area (Å²) < 4.78 is 0. The van der Waals surface area contributed by atoms with E-state index in [0.29, 0.717) is 16.5 Å². The molecule has 2 aromatic carbocycles. The van der Waals surface area contributed by atoms with Gasteiger partial charge in [0.05, 0.1) is 5.56 Å². The first-order valence-corrected chi connectivity index (χ1v) is 11.3. The molecule has 5 heteroatoms. The summed E-state index contributed by atoms with van der Waals surface area (Å²) in [6.45, 7) is 8.32. The molecule has 0 aliphatic heterocycles. The van der Waals surface area contributed by atoms with Crippen LogP contribution in [0.4, 0.5) is 10.7 Å². The number of anilines is 2. The van der Waals surface area contributed by atoms with Gasteiger partial charge in [0.2, 0.25) is 5.91 Å². The molecule has 2 amide bonds. The molecule has 1 heterocycles. The molecule has 3 aromatic rings. The zero-order valence-corrected chi connectivity index (χ0v) is 18.8. The van der Waals surface area contributed by atoms with Gasteiger partial charge in [0.15, 0.2) is 0 Å². The van der Waals surface area contributed by atoms with Crippen molar-refractivity contribution >= 4 is 44.6 Å². The highest BCUT2D eigenvalue weighted by Gasteiger charge is 2.34. The molecule has 1 aromatic heterocycles. The number of carbonyl (C=O) groups excluding carboxylic acids is 2. The lowest BCUT2D eigenvalue weighted by atomic mass is 9.72. The van der Waals surface area contributed by atoms with Gasteiger partial charge in [-0.15, -0.1) is 11.3 Å². The molecular formula is C25H28N2O2S. The number of benzene rings is 2. The predicted octanol–water partition coefficient (Wildman–Crippen LogP) is 6.26. The highest BCUT2D eigenvalue weighted by molar-refractivity contribution is 7.17. The Morgan fingerprint density at radius 2 is 1.77 bits per heavy atom. The van der Waals surface area contributed by atoms with Crippen LogP contribution in [0.15, 0.2) is 42.5 Å². The van der Waals surface area contributed by atoms with Crippen molar-refractivity contribution in [3.8, 4) is 0 Å². The van der Waals surface area contributed by atoms with Crippen molar-refractivity contribution in [3.05, 3.63) is 58.5 Å². The number of rotatable bonds is 3. The highest BCUT2D eigenvalue weighted by Crippen LogP contribution is 2.44. The summed E-state index contributed by atoms with van der Waals surface area (Å²) in [5.74, 6) is 0.268. The average Bonchev–Trinajstić information content (AvgIpc) is 3.04. The Balaban J connectivity index is 1.71. The molecule has 0 bridgehead atoms. The molecular weight excluding hydrogens is 392 g/mol. The lowest BCUT2D eigenvalue weighted by Crippen LogP contribution is -2.27. The summed E-state index contributed by atoms with van der Waals surface area (Å²) in [5.41, 5.74) is 2.74. The van der Waals surface area contributed by atoms with Gasteiger partial charge in [-0.25, -0.2) is 0 Å². The van der Waals surface area contributed by atoms with Crippen molar-refractivity contribution in [2.75, 3.05) is 10.6 Å². The van der Waals surface area contributed by atoms with Crippen molar-refractivity contribution in [1.82, 2.24) is 0 Å². The quantitative estimate of drug-likeness (QED) is 0.525. The number of hydrogen-bond donors (Lipinski definition) is 2. The van der Waals surface area contributed by atoms with E-state index in [9.17, 15) is 9.59 Å². The fourth-order valence-corrected chi connectivity index (χ4v) is 5.70. The van der Waals surface area contributed by atoms with Crippen LogP contribution in [0, 0.1) is 11.3 Å². The van der Waals surface area contributed by atoms with Crippen LogP contribution in [0.3, 0.4) is 0 Å². The molecule has 156 valence electrons. The maximum Gasteiger partial charge on any atom is 0.258 e. The maximum atomic E-state index is 13.4. The molecule has 4 nitrogen and oxygen atoms in total. The second kappa shape index (κ2) is 7.88. The van der Waals surface area contributed by atoms with E-state index in [1.54, 1.807) is 11.3 Å². The van der Waals surface area contributed by atoms with Crippen LogP contribution in [-0.2, 0) is 17.6 Å². The van der Waals surface area contributed by atoms with E-state index in [0.717, 1.165) is 41.3 Å². The minimum atomic E-state index is -0.153. The molecule has 0 radical (unpaired) electrons. The van der Waals surface area contributed by atoms with E-state index >= 15 is 0 Å². The van der Waals surface area contributed by atoms with Crippen LogP contribution in [0.1, 0.15) is 54.9 Å². The molecule has 4 rings (SSSR count). The predicted molar refractivity (Wildman–Crippen MR) is 125 cm³/mol. The normalized spacial score (nSPS) is 16.2. The Morgan fingerprint density at radius 1 is 1.03 bits per heavy atom. The average molecular weight is 421 g/mol. The molecule has 30 heavy (non-hydrogen) atoms. The number of carbonyl (C=O) groups is 2. The molecule has 2 N–H and O–H groups in total. The summed E-state index contributed by atoms with van der Waals surface area (Å²) in [6, 6.07) is 13.9. The van der Waals surface area contributed by atoms with Crippen LogP contribution < -0.4 is 10.6 Å². The number of fused-ring (bicyclic) bond motifs is 2. The number of thiophene rings is 1. The van der Waals surface area contributed by atoms with Crippen molar-refractivity contribution in [3.63, 3.8) is 0 Å². The third-order valence-corrected chi connectivity index (χ3v) is 7.21. The largest absolute Gasteiger partial charge is 0.321 e. The first-order valence-electron chi connectivity index (χ1n) is 10.5. The zero-order chi connectivity index (χ0) is 21.5. The van der Waals surface area contributed by atoms with Crippen LogP contribution in [-0.4, -0.2) is 11.8 Å². The van der Waals surface area contributed by atoms with Gasteiger partial charge in [-0.3, -0.25) is 9.59 Å². The maximum absolute atomic E-state index is 13.4. The summed E-state index contributed by atoms with van der Waals surface area (Å²) >= 11 is 1.56. The third kappa shape index (κ3) is 3.99. The molecule has 1 aliphatic rings. The van der Waals surface area contributed by atoms with Crippen molar-refractivity contribution in [2.24, 2.45) is 11.3 Å². The van der Waals surface area contributed by atoms with Gasteiger partial charge in [0.25, 0.3) is 5.91 Å². The van der Waals surface area contributed by atoms with Crippen LogP contribution in [0.5, 0.6) is 0 Å². The second-order valence-electron chi connectivity index (χ2n) is 9.18. The smallest absolute Gasteiger partial charge is 0.258 e. The van der Waals surface area contributed by atoms with E-state index in [2.05, 4.69) is 31.4 Å². The van der Waals surface area contributed by atoms with Crippen molar-refractivity contribution in [1.29, 1.82) is 0 Å². The molecule has 0 saturated heterocycles. The van der Waals surface area contributed by atoms with Crippen LogP contribution in [0.2, 0.25) is 0 Å². The van der Waals surface area contributed by atoms with Gasteiger partial charge in [-0.1, -0.05) is 57.2 Å². The Hall–Kier alpha value is -2.66. The van der Waals surface area contributed by atoms with Crippen LogP contribution >= 0.6 is 11.3 Å². The Morgan fingerprint density at radius 3 is 2.50 bits per heavy atom. The van der Waals surface area contributed by atoms with Crippen LogP contribution in [0.25, 0.3) is 10.8 Å². The molecule has 1 unspecified atom stereocenters. The lowest BCUT2D eigenvalue weighted by Gasteiger charge is -2.33. The van der Waals surface area contributed by atoms with E-state index in [1.165, 1.54) is 11.8 Å². The monoisotopic (exact) mass is 420 g/mol. The minimum absolute atomic E-state index is 0.151. The fourth-order valence-electron chi connectivity index (χ4n) is 4.33. The Kier molecular flexibility index (Phi) is 5.41. The van der Waals surface area contributed by atoms with E-state index in [1.807, 2.05) is 42.5 Å². The first kappa shape index (κ1) is 20.6. The third-order valence-electron chi connectivity index (χ3n) is 6.04. The van der Waals surface area contributed by atoms with E-state index in [-0.39, 0.29) is 17.2 Å². The van der Waals surface area contributed by atoms with Gasteiger partial charge in [0, 0.05) is 22.9 Å².